The molecule has 0 aromatic heterocycles. The van der Waals surface area contributed by atoms with E-state index in [1.165, 1.54) is 18.4 Å². The molecule has 1 aliphatic carbocycles. The zero-order chi connectivity index (χ0) is 21.1. The van der Waals surface area contributed by atoms with Gasteiger partial charge in [-0.2, -0.15) is 0 Å². The average molecular weight is 397 g/mol. The van der Waals surface area contributed by atoms with Crippen molar-refractivity contribution in [1.29, 1.82) is 0 Å². The molecule has 0 heterocycles. The Morgan fingerprint density at radius 1 is 1.03 bits per heavy atom. The van der Waals surface area contributed by atoms with Crippen molar-refractivity contribution in [2.75, 3.05) is 6.54 Å². The number of nitrogens with one attached hydrogen (secondary N) is 1. The Balaban J connectivity index is 0.000000321. The van der Waals surface area contributed by atoms with E-state index in [9.17, 15) is 9.59 Å². The quantitative estimate of drug-likeness (QED) is 0.542. The molecule has 29 heavy (non-hydrogen) atoms. The van der Waals surface area contributed by atoms with Crippen molar-refractivity contribution < 1.29 is 24.5 Å². The molecule has 1 fully saturated rings. The number of hydrogen-bond acceptors (Lipinski definition) is 4. The zero-order valence-corrected chi connectivity index (χ0v) is 16.5. The van der Waals surface area contributed by atoms with E-state index in [0.717, 1.165) is 30.5 Å². The molecule has 1 aliphatic rings. The van der Waals surface area contributed by atoms with Gasteiger partial charge in [-0.1, -0.05) is 37.3 Å². The summed E-state index contributed by atoms with van der Waals surface area (Å²) in [5.41, 5.74) is 1.36. The fourth-order valence-corrected chi connectivity index (χ4v) is 2.69. The van der Waals surface area contributed by atoms with Gasteiger partial charge in [-0.05, 0) is 55.0 Å². The highest BCUT2D eigenvalue weighted by molar-refractivity contribution is 5.89. The minimum absolute atomic E-state index is 0.558. The third-order valence-corrected chi connectivity index (χ3v) is 4.40. The third kappa shape index (κ3) is 9.08. The van der Waals surface area contributed by atoms with Crippen LogP contribution >= 0.6 is 0 Å². The van der Waals surface area contributed by atoms with Crippen LogP contribution in [0.1, 0.15) is 37.7 Å². The highest BCUT2D eigenvalue weighted by Crippen LogP contribution is 2.27. The maximum Gasteiger partial charge on any atom is 0.328 e. The lowest BCUT2D eigenvalue weighted by Gasteiger charge is -2.17. The summed E-state index contributed by atoms with van der Waals surface area (Å²) < 4.78 is 5.93. The maximum absolute atomic E-state index is 9.55. The van der Waals surface area contributed by atoms with Crippen LogP contribution < -0.4 is 10.1 Å². The van der Waals surface area contributed by atoms with E-state index in [2.05, 4.69) is 30.4 Å². The van der Waals surface area contributed by atoms with Gasteiger partial charge in [-0.25, -0.2) is 9.59 Å². The lowest BCUT2D eigenvalue weighted by Crippen LogP contribution is -2.23. The largest absolute Gasteiger partial charge is 0.478 e. The summed E-state index contributed by atoms with van der Waals surface area (Å²) in [6, 6.07) is 19.2. The van der Waals surface area contributed by atoms with Gasteiger partial charge in [0.15, 0.2) is 0 Å². The van der Waals surface area contributed by atoms with E-state index in [0.29, 0.717) is 18.1 Å². The van der Waals surface area contributed by atoms with E-state index in [4.69, 9.17) is 14.9 Å². The summed E-state index contributed by atoms with van der Waals surface area (Å²) in [5, 5.41) is 19.3. The van der Waals surface area contributed by atoms with Gasteiger partial charge >= 0.3 is 11.9 Å². The summed E-state index contributed by atoms with van der Waals surface area (Å²) in [6.45, 7) is 3.32. The molecule has 0 amide bonds. The standard InChI is InChI=1S/C19H23NO.C4H4O4/c1-2-15(14-20-17-11-12-17)16-7-6-10-19(13-16)21-18-8-4-3-5-9-18;5-3(6)1-2-4(7)8/h3-10,13,15,17,20H,2,11-12,14H2,1H3;1-2H,(H,5,6)(H,7,8)/b;2-1-. The third-order valence-electron chi connectivity index (χ3n) is 4.40. The van der Waals surface area contributed by atoms with Crippen molar-refractivity contribution in [2.45, 2.75) is 38.1 Å². The first-order valence-electron chi connectivity index (χ1n) is 9.68. The Bertz CT molecular complexity index is 799. The molecule has 2 aromatic carbocycles. The fourth-order valence-electron chi connectivity index (χ4n) is 2.69. The number of hydrogen-bond donors (Lipinski definition) is 3. The van der Waals surface area contributed by atoms with Crippen LogP contribution in [0.5, 0.6) is 11.5 Å². The maximum atomic E-state index is 9.55. The normalized spacial score (nSPS) is 14.0. The zero-order valence-electron chi connectivity index (χ0n) is 16.5. The number of aliphatic carboxylic acids is 2. The predicted octanol–water partition coefficient (Wildman–Crippen LogP) is 4.44. The van der Waals surface area contributed by atoms with Crippen molar-refractivity contribution in [3.63, 3.8) is 0 Å². The van der Waals surface area contributed by atoms with Crippen LogP contribution in [0.15, 0.2) is 66.7 Å². The van der Waals surface area contributed by atoms with Crippen molar-refractivity contribution in [1.82, 2.24) is 5.32 Å². The molecule has 0 saturated heterocycles. The van der Waals surface area contributed by atoms with Crippen molar-refractivity contribution >= 4 is 11.9 Å². The minimum atomic E-state index is -1.26. The molecule has 3 N–H and O–H groups in total. The number of carboxylic acid groups (broad SMARTS) is 2. The van der Waals surface area contributed by atoms with Crippen LogP contribution in [0, 0.1) is 0 Å². The molecule has 0 bridgehead atoms. The number of ether oxygens (including phenoxy) is 1. The van der Waals surface area contributed by atoms with Gasteiger partial charge in [0.25, 0.3) is 0 Å². The Hall–Kier alpha value is -3.12. The molecular weight excluding hydrogens is 370 g/mol. The first-order valence-corrected chi connectivity index (χ1v) is 9.68. The second-order valence-electron chi connectivity index (χ2n) is 6.79. The van der Waals surface area contributed by atoms with Crippen LogP contribution in [0.25, 0.3) is 0 Å². The molecule has 0 radical (unpaired) electrons. The summed E-state index contributed by atoms with van der Waals surface area (Å²) in [7, 11) is 0. The van der Waals surface area contributed by atoms with Gasteiger partial charge in [0.1, 0.15) is 11.5 Å². The Morgan fingerprint density at radius 2 is 1.66 bits per heavy atom. The average Bonchev–Trinajstić information content (AvgIpc) is 3.53. The molecule has 3 rings (SSSR count). The Labute approximate surface area is 170 Å². The van der Waals surface area contributed by atoms with Crippen LogP contribution in [0.4, 0.5) is 0 Å². The van der Waals surface area contributed by atoms with E-state index in [1.54, 1.807) is 0 Å². The number of benzene rings is 2. The van der Waals surface area contributed by atoms with Crippen LogP contribution in [0.3, 0.4) is 0 Å². The highest BCUT2D eigenvalue weighted by atomic mass is 16.5. The first-order chi connectivity index (χ1) is 14.0. The number of rotatable bonds is 9. The predicted molar refractivity (Wildman–Crippen MR) is 111 cm³/mol. The molecule has 1 atom stereocenters. The highest BCUT2D eigenvalue weighted by Gasteiger charge is 2.22. The number of para-hydroxylation sites is 1. The van der Waals surface area contributed by atoms with Gasteiger partial charge in [-0.3, -0.25) is 0 Å². The molecule has 6 nitrogen and oxygen atoms in total. The van der Waals surface area contributed by atoms with E-state index in [-0.39, 0.29) is 0 Å². The van der Waals surface area contributed by atoms with Gasteiger partial charge in [0.2, 0.25) is 0 Å². The monoisotopic (exact) mass is 397 g/mol. The Morgan fingerprint density at radius 3 is 2.21 bits per heavy atom. The van der Waals surface area contributed by atoms with Gasteiger partial charge in [0, 0.05) is 24.7 Å². The summed E-state index contributed by atoms with van der Waals surface area (Å²) >= 11 is 0. The molecule has 6 heteroatoms. The van der Waals surface area contributed by atoms with Crippen molar-refractivity contribution in [3.8, 4) is 11.5 Å². The number of carboxylic acids is 2. The smallest absolute Gasteiger partial charge is 0.328 e. The lowest BCUT2D eigenvalue weighted by molar-refractivity contribution is -0.134. The van der Waals surface area contributed by atoms with E-state index < -0.39 is 11.9 Å². The summed E-state index contributed by atoms with van der Waals surface area (Å²) in [4.78, 5) is 19.1. The topological polar surface area (TPSA) is 95.9 Å². The number of carbonyl (C=O) groups is 2. The SMILES string of the molecule is CCC(CNC1CC1)c1cccc(Oc2ccccc2)c1.O=C(O)/C=C\C(=O)O. The van der Waals surface area contributed by atoms with E-state index >= 15 is 0 Å². The second-order valence-corrected chi connectivity index (χ2v) is 6.79. The molecule has 1 unspecified atom stereocenters. The summed E-state index contributed by atoms with van der Waals surface area (Å²) in [5.74, 6) is -0.146. The van der Waals surface area contributed by atoms with E-state index in [1.807, 2.05) is 36.4 Å². The van der Waals surface area contributed by atoms with Crippen LogP contribution in [0.2, 0.25) is 0 Å². The van der Waals surface area contributed by atoms with Crippen LogP contribution in [-0.4, -0.2) is 34.7 Å². The van der Waals surface area contributed by atoms with Gasteiger partial charge in [-0.15, -0.1) is 0 Å². The molecule has 2 aromatic rings. The molecular formula is C23H27NO5. The fraction of sp³-hybridized carbons (Fsp3) is 0.304. The molecule has 154 valence electrons. The summed E-state index contributed by atoms with van der Waals surface area (Å²) in [6.07, 6.45) is 4.94. The molecule has 0 spiro atoms. The van der Waals surface area contributed by atoms with Crippen LogP contribution in [-0.2, 0) is 9.59 Å². The first kappa shape index (κ1) is 22.2. The minimum Gasteiger partial charge on any atom is -0.478 e. The lowest BCUT2D eigenvalue weighted by atomic mass is 9.96. The van der Waals surface area contributed by atoms with Crippen molar-refractivity contribution in [2.24, 2.45) is 0 Å². The van der Waals surface area contributed by atoms with Gasteiger partial charge < -0.3 is 20.3 Å². The Kier molecular flexibility index (Phi) is 8.92. The van der Waals surface area contributed by atoms with Crippen molar-refractivity contribution in [3.05, 3.63) is 72.3 Å². The second kappa shape index (κ2) is 11.7. The molecule has 0 aliphatic heterocycles. The van der Waals surface area contributed by atoms with Gasteiger partial charge in [0.05, 0.1) is 0 Å². The molecule has 1 saturated carbocycles.